The first-order valence-corrected chi connectivity index (χ1v) is 7.81. The molecule has 0 saturated carbocycles. The van der Waals surface area contributed by atoms with Gasteiger partial charge in [0.2, 0.25) is 0 Å². The number of carbonyl (C=O) groups excluding carboxylic acids is 1. The number of hydrogen-bond acceptors (Lipinski definition) is 5. The second-order valence-corrected chi connectivity index (χ2v) is 5.69. The van der Waals surface area contributed by atoms with Crippen LogP contribution >= 0.6 is 11.6 Å². The van der Waals surface area contributed by atoms with E-state index in [9.17, 15) is 9.18 Å². The molecule has 7 heteroatoms. The van der Waals surface area contributed by atoms with Gasteiger partial charge in [-0.15, -0.1) is 0 Å². The number of aldehydes is 1. The highest BCUT2D eigenvalue weighted by molar-refractivity contribution is 6.31. The zero-order chi connectivity index (χ0) is 17.8. The standard InChI is InChI=1S/C18H14ClFN4O/c19-14-2-1-3-15(20)13(14)8-23-18-17(21)22-9-16(24-18)12-6-4-11(10-25)5-7-12/h1-7,9-10H,8H2,(H2,21,22)(H,23,24). The number of nitrogen functional groups attached to an aromatic ring is 1. The summed E-state index contributed by atoms with van der Waals surface area (Å²) in [4.78, 5) is 19.3. The van der Waals surface area contributed by atoms with Gasteiger partial charge in [0.05, 0.1) is 11.9 Å². The average Bonchev–Trinajstić information content (AvgIpc) is 2.63. The summed E-state index contributed by atoms with van der Waals surface area (Å²) in [5.74, 6) is 0.115. The van der Waals surface area contributed by atoms with Crippen LogP contribution < -0.4 is 11.1 Å². The van der Waals surface area contributed by atoms with E-state index in [1.54, 1.807) is 36.4 Å². The summed E-state index contributed by atoms with van der Waals surface area (Å²) in [5.41, 5.74) is 8.10. The maximum absolute atomic E-state index is 13.8. The lowest BCUT2D eigenvalue weighted by molar-refractivity contribution is 0.112. The Labute approximate surface area is 148 Å². The van der Waals surface area contributed by atoms with Crippen LogP contribution in [0.15, 0.2) is 48.7 Å². The van der Waals surface area contributed by atoms with Gasteiger partial charge in [0.15, 0.2) is 11.6 Å². The zero-order valence-electron chi connectivity index (χ0n) is 13.0. The van der Waals surface area contributed by atoms with Gasteiger partial charge in [0, 0.05) is 28.3 Å². The van der Waals surface area contributed by atoms with Crippen LogP contribution in [0, 0.1) is 5.82 Å². The molecule has 2 aromatic carbocycles. The fraction of sp³-hybridized carbons (Fsp3) is 0.0556. The second kappa shape index (κ2) is 7.27. The molecule has 0 bridgehead atoms. The molecule has 0 aliphatic rings. The first-order chi connectivity index (χ1) is 12.1. The Kier molecular flexibility index (Phi) is 4.90. The SMILES string of the molecule is Nc1ncc(-c2ccc(C=O)cc2)nc1NCc1c(F)cccc1Cl. The summed E-state index contributed by atoms with van der Waals surface area (Å²) in [7, 11) is 0. The highest BCUT2D eigenvalue weighted by Gasteiger charge is 2.10. The molecule has 0 aliphatic heterocycles. The third-order valence-electron chi connectivity index (χ3n) is 3.64. The molecule has 25 heavy (non-hydrogen) atoms. The maximum Gasteiger partial charge on any atom is 0.169 e. The molecule has 126 valence electrons. The van der Waals surface area contributed by atoms with Crippen molar-refractivity contribution >= 4 is 29.5 Å². The van der Waals surface area contributed by atoms with Crippen LogP contribution in [0.1, 0.15) is 15.9 Å². The van der Waals surface area contributed by atoms with Crippen LogP contribution in [0.5, 0.6) is 0 Å². The van der Waals surface area contributed by atoms with E-state index in [1.807, 2.05) is 0 Å². The zero-order valence-corrected chi connectivity index (χ0v) is 13.8. The Morgan fingerprint density at radius 2 is 1.96 bits per heavy atom. The number of rotatable bonds is 5. The van der Waals surface area contributed by atoms with E-state index in [2.05, 4.69) is 15.3 Å². The quantitative estimate of drug-likeness (QED) is 0.677. The van der Waals surface area contributed by atoms with Gasteiger partial charge in [-0.3, -0.25) is 4.79 Å². The Morgan fingerprint density at radius 1 is 1.20 bits per heavy atom. The predicted molar refractivity (Wildman–Crippen MR) is 96.0 cm³/mol. The van der Waals surface area contributed by atoms with Crippen LogP contribution in [0.3, 0.4) is 0 Å². The van der Waals surface area contributed by atoms with Crippen LogP contribution in [-0.4, -0.2) is 16.3 Å². The van der Waals surface area contributed by atoms with Gasteiger partial charge >= 0.3 is 0 Å². The van der Waals surface area contributed by atoms with Crippen molar-refractivity contribution in [1.29, 1.82) is 0 Å². The highest BCUT2D eigenvalue weighted by Crippen LogP contribution is 2.24. The lowest BCUT2D eigenvalue weighted by atomic mass is 10.1. The molecular weight excluding hydrogens is 343 g/mol. The molecule has 0 radical (unpaired) electrons. The van der Waals surface area contributed by atoms with Gasteiger partial charge in [-0.05, 0) is 12.1 Å². The Hall–Kier alpha value is -2.99. The number of benzene rings is 2. The number of anilines is 2. The first kappa shape index (κ1) is 16.9. The molecule has 0 aliphatic carbocycles. The minimum absolute atomic E-state index is 0.123. The Balaban J connectivity index is 1.85. The third-order valence-corrected chi connectivity index (χ3v) is 3.99. The van der Waals surface area contributed by atoms with Gasteiger partial charge in [0.1, 0.15) is 12.1 Å². The van der Waals surface area contributed by atoms with E-state index >= 15 is 0 Å². The molecule has 3 aromatic rings. The predicted octanol–water partition coefficient (Wildman–Crippen LogP) is 3.94. The fourth-order valence-corrected chi connectivity index (χ4v) is 2.50. The van der Waals surface area contributed by atoms with Crippen molar-refractivity contribution in [3.63, 3.8) is 0 Å². The molecule has 1 heterocycles. The topological polar surface area (TPSA) is 80.9 Å². The molecule has 0 amide bonds. The summed E-state index contributed by atoms with van der Waals surface area (Å²) in [5, 5.41) is 3.28. The van der Waals surface area contributed by atoms with E-state index in [0.717, 1.165) is 11.8 Å². The van der Waals surface area contributed by atoms with E-state index in [1.165, 1.54) is 12.3 Å². The third kappa shape index (κ3) is 3.75. The Bertz CT molecular complexity index is 895. The van der Waals surface area contributed by atoms with Crippen LogP contribution in [0.25, 0.3) is 11.3 Å². The van der Waals surface area contributed by atoms with Crippen molar-refractivity contribution in [3.05, 3.63) is 70.6 Å². The molecule has 0 unspecified atom stereocenters. The molecule has 3 rings (SSSR count). The van der Waals surface area contributed by atoms with Crippen molar-refractivity contribution < 1.29 is 9.18 Å². The van der Waals surface area contributed by atoms with Gasteiger partial charge < -0.3 is 11.1 Å². The fourth-order valence-electron chi connectivity index (χ4n) is 2.27. The average molecular weight is 357 g/mol. The number of nitrogens with zero attached hydrogens (tertiary/aromatic N) is 2. The number of carbonyl (C=O) groups is 1. The van der Waals surface area contributed by atoms with Crippen LogP contribution in [-0.2, 0) is 6.54 Å². The molecule has 5 nitrogen and oxygen atoms in total. The number of aromatic nitrogens is 2. The Morgan fingerprint density at radius 3 is 2.64 bits per heavy atom. The molecule has 3 N–H and O–H groups in total. The maximum atomic E-state index is 13.8. The monoisotopic (exact) mass is 356 g/mol. The van der Waals surface area contributed by atoms with E-state index in [4.69, 9.17) is 17.3 Å². The van der Waals surface area contributed by atoms with Crippen molar-refractivity contribution in [3.8, 4) is 11.3 Å². The van der Waals surface area contributed by atoms with E-state index in [-0.39, 0.29) is 12.4 Å². The summed E-state index contributed by atoms with van der Waals surface area (Å²) < 4.78 is 13.8. The largest absolute Gasteiger partial charge is 0.381 e. The van der Waals surface area contributed by atoms with E-state index < -0.39 is 5.82 Å². The molecule has 0 atom stereocenters. The molecule has 1 aromatic heterocycles. The first-order valence-electron chi connectivity index (χ1n) is 7.43. The van der Waals surface area contributed by atoms with Crippen molar-refractivity contribution in [1.82, 2.24) is 9.97 Å². The summed E-state index contributed by atoms with van der Waals surface area (Å²) >= 11 is 6.02. The summed E-state index contributed by atoms with van der Waals surface area (Å²) in [6, 6.07) is 11.4. The van der Waals surface area contributed by atoms with Crippen LogP contribution in [0.4, 0.5) is 16.0 Å². The minimum Gasteiger partial charge on any atom is -0.381 e. The van der Waals surface area contributed by atoms with Crippen molar-refractivity contribution in [2.75, 3.05) is 11.1 Å². The van der Waals surface area contributed by atoms with Gasteiger partial charge in [0.25, 0.3) is 0 Å². The number of nitrogens with one attached hydrogen (secondary N) is 1. The van der Waals surface area contributed by atoms with Gasteiger partial charge in [-0.1, -0.05) is 41.9 Å². The van der Waals surface area contributed by atoms with Crippen molar-refractivity contribution in [2.24, 2.45) is 0 Å². The smallest absolute Gasteiger partial charge is 0.169 e. The number of halogens is 2. The van der Waals surface area contributed by atoms with E-state index in [0.29, 0.717) is 27.7 Å². The lowest BCUT2D eigenvalue weighted by Gasteiger charge is -2.11. The minimum atomic E-state index is -0.410. The molecular formula is C18H14ClFN4O. The van der Waals surface area contributed by atoms with Crippen LogP contribution in [0.2, 0.25) is 5.02 Å². The van der Waals surface area contributed by atoms with Gasteiger partial charge in [-0.2, -0.15) is 0 Å². The molecule has 0 spiro atoms. The number of hydrogen-bond donors (Lipinski definition) is 2. The van der Waals surface area contributed by atoms with Gasteiger partial charge in [-0.25, -0.2) is 14.4 Å². The van der Waals surface area contributed by atoms with Crippen molar-refractivity contribution in [2.45, 2.75) is 6.54 Å². The second-order valence-electron chi connectivity index (χ2n) is 5.28. The highest BCUT2D eigenvalue weighted by atomic mass is 35.5. The summed E-state index contributed by atoms with van der Waals surface area (Å²) in [6.07, 6.45) is 2.30. The lowest BCUT2D eigenvalue weighted by Crippen LogP contribution is -2.08. The normalized spacial score (nSPS) is 10.5. The summed E-state index contributed by atoms with van der Waals surface area (Å²) in [6.45, 7) is 0.123. The molecule has 0 saturated heterocycles. The number of nitrogens with two attached hydrogens (primary N) is 1. The molecule has 0 fully saturated rings.